The Bertz CT molecular complexity index is 657. The molecule has 0 heterocycles. The predicted octanol–water partition coefficient (Wildman–Crippen LogP) is 2.99. The van der Waals surface area contributed by atoms with E-state index in [1.165, 1.54) is 0 Å². The Morgan fingerprint density at radius 1 is 0.950 bits per heavy atom. The van der Waals surface area contributed by atoms with E-state index in [-0.39, 0.29) is 12.0 Å². The molecule has 20 heavy (non-hydrogen) atoms. The minimum absolute atomic E-state index is 0.0193. The number of carbonyl (C=O) groups is 2. The molecule has 0 aliphatic heterocycles. The zero-order valence-electron chi connectivity index (χ0n) is 11.0. The molecule has 0 aliphatic carbocycles. The average molecular weight is 270 g/mol. The molecule has 0 aromatic heterocycles. The molecule has 102 valence electrons. The van der Waals surface area contributed by atoms with Gasteiger partial charge in [-0.15, -0.1) is 0 Å². The molecule has 0 bridgehead atoms. The molecule has 0 radical (unpaired) electrons. The van der Waals surface area contributed by atoms with Crippen LogP contribution >= 0.6 is 0 Å². The van der Waals surface area contributed by atoms with E-state index in [1.807, 2.05) is 6.07 Å². The number of carboxylic acid groups (broad SMARTS) is 2. The van der Waals surface area contributed by atoms with Crippen molar-refractivity contribution in [3.05, 3.63) is 59.2 Å². The first-order chi connectivity index (χ1) is 9.47. The molecule has 0 saturated carbocycles. The maximum atomic E-state index is 11.1. The molecule has 0 unspecified atom stereocenters. The number of benzene rings is 2. The zero-order valence-corrected chi connectivity index (χ0v) is 11.0. The Labute approximate surface area is 116 Å². The molecule has 0 amide bonds. The lowest BCUT2D eigenvalue weighted by molar-refractivity contribution is -0.136. The normalized spacial score (nSPS) is 10.2. The van der Waals surface area contributed by atoms with Gasteiger partial charge in [0.1, 0.15) is 0 Å². The standard InChI is InChI=1S/C16H14O4/c1-10-2-5-13(9-14(10)16(19)20)12-6-3-11(4-7-12)8-15(17)18/h2-7,9H,8H2,1H3,(H,17,18)(H,19,20). The highest BCUT2D eigenvalue weighted by molar-refractivity contribution is 5.91. The molecular formula is C16H14O4. The largest absolute Gasteiger partial charge is 0.481 e. The summed E-state index contributed by atoms with van der Waals surface area (Å²) in [6, 6.07) is 12.3. The quantitative estimate of drug-likeness (QED) is 0.895. The number of hydrogen-bond donors (Lipinski definition) is 2. The van der Waals surface area contributed by atoms with Crippen LogP contribution in [0.25, 0.3) is 11.1 Å². The van der Waals surface area contributed by atoms with Gasteiger partial charge in [-0.2, -0.15) is 0 Å². The summed E-state index contributed by atoms with van der Waals surface area (Å²) in [6.45, 7) is 1.75. The van der Waals surface area contributed by atoms with Crippen molar-refractivity contribution in [3.8, 4) is 11.1 Å². The Hall–Kier alpha value is -2.62. The molecule has 4 nitrogen and oxygen atoms in total. The van der Waals surface area contributed by atoms with Crippen molar-refractivity contribution >= 4 is 11.9 Å². The number of aromatic carboxylic acids is 1. The van der Waals surface area contributed by atoms with Crippen molar-refractivity contribution < 1.29 is 19.8 Å². The highest BCUT2D eigenvalue weighted by Gasteiger charge is 2.09. The van der Waals surface area contributed by atoms with Gasteiger partial charge in [0.25, 0.3) is 0 Å². The minimum Gasteiger partial charge on any atom is -0.481 e. The molecule has 0 spiro atoms. The summed E-state index contributed by atoms with van der Waals surface area (Å²) in [5.74, 6) is -1.83. The number of aryl methyl sites for hydroxylation is 1. The number of carboxylic acids is 2. The predicted molar refractivity (Wildman–Crippen MR) is 74.9 cm³/mol. The van der Waals surface area contributed by atoms with Gasteiger partial charge in [-0.3, -0.25) is 4.79 Å². The summed E-state index contributed by atoms with van der Waals surface area (Å²) >= 11 is 0. The Kier molecular flexibility index (Phi) is 3.84. The zero-order chi connectivity index (χ0) is 14.7. The van der Waals surface area contributed by atoms with Gasteiger partial charge in [0, 0.05) is 0 Å². The highest BCUT2D eigenvalue weighted by Crippen LogP contribution is 2.23. The van der Waals surface area contributed by atoms with Gasteiger partial charge in [-0.25, -0.2) is 4.79 Å². The lowest BCUT2D eigenvalue weighted by Gasteiger charge is -2.07. The summed E-state index contributed by atoms with van der Waals surface area (Å²) in [4.78, 5) is 21.7. The fourth-order valence-electron chi connectivity index (χ4n) is 2.02. The van der Waals surface area contributed by atoms with E-state index in [0.717, 1.165) is 11.1 Å². The van der Waals surface area contributed by atoms with Gasteiger partial charge in [0.05, 0.1) is 12.0 Å². The first kappa shape index (κ1) is 13.8. The maximum absolute atomic E-state index is 11.1. The fourth-order valence-corrected chi connectivity index (χ4v) is 2.02. The van der Waals surface area contributed by atoms with E-state index >= 15 is 0 Å². The molecule has 0 atom stereocenters. The Morgan fingerprint density at radius 3 is 2.10 bits per heavy atom. The molecule has 0 aliphatic rings. The van der Waals surface area contributed by atoms with Crippen LogP contribution in [0, 0.1) is 6.92 Å². The van der Waals surface area contributed by atoms with Gasteiger partial charge in [0.2, 0.25) is 0 Å². The van der Waals surface area contributed by atoms with Crippen LogP contribution in [0.1, 0.15) is 21.5 Å². The molecule has 2 rings (SSSR count). The van der Waals surface area contributed by atoms with Crippen molar-refractivity contribution in [2.45, 2.75) is 13.3 Å². The number of rotatable bonds is 4. The van der Waals surface area contributed by atoms with Crippen LogP contribution in [0.5, 0.6) is 0 Å². The fraction of sp³-hybridized carbons (Fsp3) is 0.125. The lowest BCUT2D eigenvalue weighted by Crippen LogP contribution is -2.00. The smallest absolute Gasteiger partial charge is 0.335 e. The molecule has 2 aromatic carbocycles. The van der Waals surface area contributed by atoms with Crippen LogP contribution < -0.4 is 0 Å². The monoisotopic (exact) mass is 270 g/mol. The van der Waals surface area contributed by atoms with Crippen molar-refractivity contribution in [2.24, 2.45) is 0 Å². The van der Waals surface area contributed by atoms with E-state index < -0.39 is 11.9 Å². The first-order valence-electron chi connectivity index (χ1n) is 6.12. The van der Waals surface area contributed by atoms with Crippen LogP contribution in [0.2, 0.25) is 0 Å². The van der Waals surface area contributed by atoms with Crippen LogP contribution in [0.3, 0.4) is 0 Å². The highest BCUT2D eigenvalue weighted by atomic mass is 16.4. The van der Waals surface area contributed by atoms with Crippen molar-refractivity contribution in [1.29, 1.82) is 0 Å². The number of hydrogen-bond acceptors (Lipinski definition) is 2. The van der Waals surface area contributed by atoms with Crippen molar-refractivity contribution in [1.82, 2.24) is 0 Å². The van der Waals surface area contributed by atoms with Crippen LogP contribution in [0.15, 0.2) is 42.5 Å². The van der Waals surface area contributed by atoms with Gasteiger partial charge in [0.15, 0.2) is 0 Å². The van der Waals surface area contributed by atoms with Crippen molar-refractivity contribution in [2.75, 3.05) is 0 Å². The third-order valence-electron chi connectivity index (χ3n) is 3.11. The van der Waals surface area contributed by atoms with Gasteiger partial charge < -0.3 is 10.2 Å². The van der Waals surface area contributed by atoms with Crippen molar-refractivity contribution in [3.63, 3.8) is 0 Å². The second-order valence-electron chi connectivity index (χ2n) is 4.60. The van der Waals surface area contributed by atoms with Gasteiger partial charge in [-0.05, 0) is 35.2 Å². The van der Waals surface area contributed by atoms with Crippen LogP contribution in [-0.2, 0) is 11.2 Å². The lowest BCUT2D eigenvalue weighted by atomic mass is 9.98. The second kappa shape index (κ2) is 5.57. The molecular weight excluding hydrogens is 256 g/mol. The summed E-state index contributed by atoms with van der Waals surface area (Å²) in [5.41, 5.74) is 3.36. The van der Waals surface area contributed by atoms with E-state index in [4.69, 9.17) is 10.2 Å². The minimum atomic E-state index is -0.952. The summed E-state index contributed by atoms with van der Waals surface area (Å²) in [5, 5.41) is 17.8. The van der Waals surface area contributed by atoms with E-state index in [9.17, 15) is 9.59 Å². The number of aliphatic carboxylic acids is 1. The van der Waals surface area contributed by atoms with Crippen LogP contribution in [0.4, 0.5) is 0 Å². The Balaban J connectivity index is 2.34. The van der Waals surface area contributed by atoms with E-state index in [0.29, 0.717) is 11.1 Å². The SMILES string of the molecule is Cc1ccc(-c2ccc(CC(=O)O)cc2)cc1C(=O)O. The summed E-state index contributed by atoms with van der Waals surface area (Å²) in [7, 11) is 0. The van der Waals surface area contributed by atoms with E-state index in [1.54, 1.807) is 43.3 Å². The van der Waals surface area contributed by atoms with Gasteiger partial charge in [-0.1, -0.05) is 36.4 Å². The third-order valence-corrected chi connectivity index (χ3v) is 3.11. The second-order valence-corrected chi connectivity index (χ2v) is 4.60. The molecule has 2 N–H and O–H groups in total. The van der Waals surface area contributed by atoms with E-state index in [2.05, 4.69) is 0 Å². The molecule has 4 heteroatoms. The maximum Gasteiger partial charge on any atom is 0.335 e. The third kappa shape index (κ3) is 3.03. The van der Waals surface area contributed by atoms with Gasteiger partial charge >= 0.3 is 11.9 Å². The molecule has 0 saturated heterocycles. The average Bonchev–Trinajstić information content (AvgIpc) is 2.39. The van der Waals surface area contributed by atoms with Crippen LogP contribution in [-0.4, -0.2) is 22.2 Å². The summed E-state index contributed by atoms with van der Waals surface area (Å²) in [6.07, 6.45) is -0.0193. The first-order valence-corrected chi connectivity index (χ1v) is 6.12. The topological polar surface area (TPSA) is 74.6 Å². The molecule has 0 fully saturated rings. The Morgan fingerprint density at radius 2 is 1.55 bits per heavy atom. The summed E-state index contributed by atoms with van der Waals surface area (Å²) < 4.78 is 0. The molecule has 2 aromatic rings.